The van der Waals surface area contributed by atoms with Crippen LogP contribution in [0.3, 0.4) is 0 Å². The number of para-hydroxylation sites is 1. The normalized spacial score (nSPS) is 21.4. The number of nitrogens with zero attached hydrogens (tertiary/aromatic N) is 2. The molecule has 3 aromatic carbocycles. The Labute approximate surface area is 266 Å². The van der Waals surface area contributed by atoms with E-state index in [0.29, 0.717) is 46.1 Å². The van der Waals surface area contributed by atoms with E-state index in [-0.39, 0.29) is 11.6 Å². The molecule has 4 atom stereocenters. The lowest BCUT2D eigenvalue weighted by atomic mass is 9.89. The zero-order chi connectivity index (χ0) is 30.9. The van der Waals surface area contributed by atoms with Crippen molar-refractivity contribution >= 4 is 62.4 Å². The van der Waals surface area contributed by atoms with Gasteiger partial charge in [-0.15, -0.1) is 0 Å². The zero-order valence-corrected chi connectivity index (χ0v) is 26.4. The van der Waals surface area contributed by atoms with Gasteiger partial charge in [0.25, 0.3) is 5.91 Å². The van der Waals surface area contributed by atoms with Gasteiger partial charge in [0.1, 0.15) is 12.2 Å². The minimum absolute atomic E-state index is 0.0864. The molecule has 12 heteroatoms. The maximum atomic E-state index is 14.2. The number of hydrogen-bond acceptors (Lipinski definition) is 5. The van der Waals surface area contributed by atoms with E-state index in [0.717, 1.165) is 0 Å². The van der Waals surface area contributed by atoms with Crippen molar-refractivity contribution in [3.05, 3.63) is 99.0 Å². The zero-order valence-electron chi connectivity index (χ0n) is 23.3. The highest BCUT2D eigenvalue weighted by Gasteiger charge is 2.49. The molecule has 43 heavy (non-hydrogen) atoms. The first-order valence-electron chi connectivity index (χ1n) is 14.0. The number of hydrogen-bond donors (Lipinski definition) is 1. The first kappa shape index (κ1) is 31.6. The number of halogens is 3. The Kier molecular flexibility index (Phi) is 9.58. The first-order chi connectivity index (χ1) is 20.5. The van der Waals surface area contributed by atoms with Crippen molar-refractivity contribution in [3.63, 3.8) is 0 Å². The van der Waals surface area contributed by atoms with Gasteiger partial charge in [-0.1, -0.05) is 78.1 Å². The number of sulfonamides is 1. The lowest BCUT2D eigenvalue weighted by Gasteiger charge is -2.48. The minimum atomic E-state index is -3.81. The molecular weight excluding hydrogens is 635 g/mol. The van der Waals surface area contributed by atoms with Crippen LogP contribution in [-0.2, 0) is 24.3 Å². The second-order valence-corrected chi connectivity index (χ2v) is 14.1. The fourth-order valence-corrected chi connectivity index (χ4v) is 8.06. The predicted octanol–water partition coefficient (Wildman–Crippen LogP) is 6.91. The van der Waals surface area contributed by atoms with Gasteiger partial charge in [0.05, 0.1) is 41.0 Å². The molecule has 1 saturated carbocycles. The van der Waals surface area contributed by atoms with E-state index in [4.69, 9.17) is 39.5 Å². The number of carbonyl (C=O) groups excluding carboxylic acids is 1. The monoisotopic (exact) mass is 664 g/mol. The topological polar surface area (TPSA) is 104 Å². The lowest BCUT2D eigenvalue weighted by Crippen LogP contribution is -2.58. The standard InChI is InChI=1S/C31H31Cl3N2O6S/c1-2-23(18-35(43(40,41)24-14-15-24)26-9-4-3-8-25(26)34)36-29(19-10-12-21(32)13-11-19)30(20-6-5-7-22(33)16-20)42-27(31(36)39)17-28(37)38/h3-13,16,23-24,27,29-30H,2,14-15,17-18H2,1H3,(H,37,38)/t23?,27-,29+,30+/m0/s1. The average Bonchev–Trinajstić information content (AvgIpc) is 3.82. The predicted molar refractivity (Wildman–Crippen MR) is 167 cm³/mol. The first-order valence-corrected chi connectivity index (χ1v) is 16.6. The summed E-state index contributed by atoms with van der Waals surface area (Å²) in [5.74, 6) is -1.74. The van der Waals surface area contributed by atoms with Crippen LogP contribution in [0, 0.1) is 0 Å². The second-order valence-electron chi connectivity index (χ2n) is 10.7. The number of carboxylic acids is 1. The summed E-state index contributed by atoms with van der Waals surface area (Å²) < 4.78 is 35.2. The molecule has 3 aromatic rings. The van der Waals surface area contributed by atoms with Crippen LogP contribution in [0.25, 0.3) is 0 Å². The third-order valence-corrected chi connectivity index (χ3v) is 10.9. The summed E-state index contributed by atoms with van der Waals surface area (Å²) in [7, 11) is -3.81. The third kappa shape index (κ3) is 6.81. The molecule has 0 bridgehead atoms. The molecule has 0 spiro atoms. The number of amides is 1. The molecule has 1 aliphatic heterocycles. The molecule has 1 N–H and O–H groups in total. The van der Waals surface area contributed by atoms with Crippen molar-refractivity contribution in [2.75, 3.05) is 10.8 Å². The van der Waals surface area contributed by atoms with Crippen molar-refractivity contribution < 1.29 is 27.9 Å². The van der Waals surface area contributed by atoms with Crippen LogP contribution in [0.1, 0.15) is 55.9 Å². The average molecular weight is 666 g/mol. The lowest BCUT2D eigenvalue weighted by molar-refractivity contribution is -0.183. The van der Waals surface area contributed by atoms with Crippen LogP contribution in [0.15, 0.2) is 72.8 Å². The highest BCUT2D eigenvalue weighted by Crippen LogP contribution is 2.45. The second kappa shape index (κ2) is 13.0. The summed E-state index contributed by atoms with van der Waals surface area (Å²) in [6.07, 6.45) is -1.25. The Hall–Kier alpha value is -2.82. The molecule has 1 heterocycles. The van der Waals surface area contributed by atoms with Gasteiger partial charge in [0, 0.05) is 10.0 Å². The molecule has 1 unspecified atom stereocenters. The Bertz CT molecular complexity index is 1600. The van der Waals surface area contributed by atoms with Crippen molar-refractivity contribution in [2.45, 2.75) is 62.1 Å². The Morgan fingerprint density at radius 1 is 1.00 bits per heavy atom. The Morgan fingerprint density at radius 3 is 2.30 bits per heavy atom. The quantitative estimate of drug-likeness (QED) is 0.239. The van der Waals surface area contributed by atoms with Gasteiger partial charge in [-0.2, -0.15) is 0 Å². The molecule has 228 valence electrons. The minimum Gasteiger partial charge on any atom is -0.481 e. The summed E-state index contributed by atoms with van der Waals surface area (Å²) in [6, 6.07) is 19.2. The van der Waals surface area contributed by atoms with E-state index in [9.17, 15) is 23.1 Å². The molecule has 5 rings (SSSR count). The van der Waals surface area contributed by atoms with E-state index < -0.39 is 57.9 Å². The van der Waals surface area contributed by atoms with Crippen LogP contribution in [0.4, 0.5) is 5.69 Å². The molecule has 1 amide bonds. The summed E-state index contributed by atoms with van der Waals surface area (Å²) in [4.78, 5) is 27.7. The molecule has 8 nitrogen and oxygen atoms in total. The summed E-state index contributed by atoms with van der Waals surface area (Å²) in [5.41, 5.74) is 1.65. The number of rotatable bonds is 11. The van der Waals surface area contributed by atoms with E-state index in [2.05, 4.69) is 0 Å². The fourth-order valence-electron chi connectivity index (χ4n) is 5.54. The summed E-state index contributed by atoms with van der Waals surface area (Å²) in [5, 5.41) is 10.4. The fraction of sp³-hybridized carbons (Fsp3) is 0.355. The van der Waals surface area contributed by atoms with Crippen LogP contribution in [-0.4, -0.2) is 54.2 Å². The third-order valence-electron chi connectivity index (χ3n) is 7.79. The van der Waals surface area contributed by atoms with E-state index in [1.807, 2.05) is 6.92 Å². The van der Waals surface area contributed by atoms with Crippen LogP contribution < -0.4 is 4.31 Å². The van der Waals surface area contributed by atoms with Gasteiger partial charge >= 0.3 is 5.97 Å². The largest absolute Gasteiger partial charge is 0.481 e. The molecule has 0 aromatic heterocycles. The van der Waals surface area contributed by atoms with Gasteiger partial charge in [0.15, 0.2) is 0 Å². The van der Waals surface area contributed by atoms with Crippen molar-refractivity contribution in [2.24, 2.45) is 0 Å². The van der Waals surface area contributed by atoms with Crippen molar-refractivity contribution in [3.8, 4) is 0 Å². The number of carboxylic acid groups (broad SMARTS) is 1. The van der Waals surface area contributed by atoms with E-state index >= 15 is 0 Å². The number of carbonyl (C=O) groups is 2. The maximum absolute atomic E-state index is 14.2. The van der Waals surface area contributed by atoms with Crippen molar-refractivity contribution in [1.29, 1.82) is 0 Å². The molecule has 1 saturated heterocycles. The van der Waals surface area contributed by atoms with Gasteiger partial charge in [-0.3, -0.25) is 13.9 Å². The van der Waals surface area contributed by atoms with Crippen LogP contribution in [0.5, 0.6) is 0 Å². The van der Waals surface area contributed by atoms with E-state index in [1.54, 1.807) is 77.7 Å². The van der Waals surface area contributed by atoms with Crippen LogP contribution in [0.2, 0.25) is 15.1 Å². The Balaban J connectivity index is 1.66. The van der Waals surface area contributed by atoms with E-state index in [1.165, 1.54) is 4.31 Å². The SMILES string of the molecule is CCC(CN(c1ccccc1Cl)S(=O)(=O)C1CC1)N1C(=O)[C@H](CC(=O)O)O[C@H](c2cccc(Cl)c2)[C@H]1c1ccc(Cl)cc1. The highest BCUT2D eigenvalue weighted by molar-refractivity contribution is 7.93. The summed E-state index contributed by atoms with van der Waals surface area (Å²) >= 11 is 19.1. The number of aliphatic carboxylic acids is 1. The van der Waals surface area contributed by atoms with Crippen molar-refractivity contribution in [1.82, 2.24) is 4.90 Å². The summed E-state index contributed by atoms with van der Waals surface area (Å²) in [6.45, 7) is 1.78. The number of anilines is 1. The smallest absolute Gasteiger partial charge is 0.306 e. The molecule has 2 fully saturated rings. The van der Waals surface area contributed by atoms with Gasteiger partial charge < -0.3 is 14.7 Å². The number of ether oxygens (including phenoxy) is 1. The maximum Gasteiger partial charge on any atom is 0.306 e. The molecular formula is C31H31Cl3N2O6S. The van der Waals surface area contributed by atoms with Gasteiger partial charge in [-0.05, 0) is 66.8 Å². The van der Waals surface area contributed by atoms with Gasteiger partial charge in [-0.25, -0.2) is 8.42 Å². The number of morpholine rings is 1. The molecule has 1 aliphatic carbocycles. The Morgan fingerprint density at radius 2 is 1.70 bits per heavy atom. The number of benzene rings is 3. The van der Waals surface area contributed by atoms with Crippen LogP contribution >= 0.6 is 34.8 Å². The molecule has 0 radical (unpaired) electrons. The van der Waals surface area contributed by atoms with Gasteiger partial charge in [0.2, 0.25) is 10.0 Å². The highest BCUT2D eigenvalue weighted by atomic mass is 35.5. The molecule has 2 aliphatic rings.